The van der Waals surface area contributed by atoms with Gasteiger partial charge in [-0.15, -0.1) is 0 Å². The topological polar surface area (TPSA) is 13.1 Å². The van der Waals surface area contributed by atoms with Crippen molar-refractivity contribution in [1.82, 2.24) is 0 Å². The number of hydrogen-bond donors (Lipinski definition) is 0. The molecule has 0 fully saturated rings. The third kappa shape index (κ3) is 2.93. The van der Waals surface area contributed by atoms with Gasteiger partial charge in [0.2, 0.25) is 0 Å². The van der Waals surface area contributed by atoms with Gasteiger partial charge in [0.15, 0.2) is 0 Å². The zero-order chi connectivity index (χ0) is 23.7. The predicted molar refractivity (Wildman–Crippen MR) is 150 cm³/mol. The summed E-state index contributed by atoms with van der Waals surface area (Å²) in [5, 5.41) is 2.36. The van der Waals surface area contributed by atoms with Crippen LogP contribution < -0.4 is 0 Å². The highest BCUT2D eigenvalue weighted by Gasteiger charge is 2.37. The first-order chi connectivity index (χ1) is 17.0. The highest BCUT2D eigenvalue weighted by molar-refractivity contribution is 9.10. The molecule has 35 heavy (non-hydrogen) atoms. The second kappa shape index (κ2) is 7.44. The maximum absolute atomic E-state index is 6.49. The van der Waals surface area contributed by atoms with E-state index in [9.17, 15) is 0 Å². The molecule has 0 unspecified atom stereocenters. The van der Waals surface area contributed by atoms with E-state index in [0.717, 1.165) is 15.6 Å². The predicted octanol–water partition coefficient (Wildman–Crippen LogP) is 9.99. The van der Waals surface area contributed by atoms with E-state index in [1.807, 2.05) is 6.07 Å². The van der Waals surface area contributed by atoms with Gasteiger partial charge in [-0.1, -0.05) is 115 Å². The maximum atomic E-state index is 6.49. The van der Waals surface area contributed by atoms with Gasteiger partial charge in [0.05, 0.1) is 0 Å². The molecule has 0 N–H and O–H groups in total. The molecular weight excluding hydrogens is 492 g/mol. The monoisotopic (exact) mass is 514 g/mol. The number of benzene rings is 5. The quantitative estimate of drug-likeness (QED) is 0.224. The van der Waals surface area contributed by atoms with Crippen LogP contribution in [0.1, 0.15) is 25.0 Å². The summed E-state index contributed by atoms with van der Waals surface area (Å²) in [5.74, 6) is 0. The van der Waals surface area contributed by atoms with E-state index in [2.05, 4.69) is 127 Å². The van der Waals surface area contributed by atoms with Gasteiger partial charge in [0, 0.05) is 26.2 Å². The fourth-order valence-electron chi connectivity index (χ4n) is 5.84. The molecule has 1 nitrogen and oxygen atoms in total. The van der Waals surface area contributed by atoms with Crippen molar-refractivity contribution in [2.75, 3.05) is 0 Å². The van der Waals surface area contributed by atoms with Gasteiger partial charge < -0.3 is 4.42 Å². The fourth-order valence-corrected chi connectivity index (χ4v) is 6.33. The fraction of sp³-hybridized carbons (Fsp3) is 0.0909. The molecule has 1 aromatic heterocycles. The molecule has 5 aromatic carbocycles. The Balaban J connectivity index is 1.51. The van der Waals surface area contributed by atoms with Crippen LogP contribution in [0, 0.1) is 0 Å². The van der Waals surface area contributed by atoms with Crippen LogP contribution in [0.2, 0.25) is 0 Å². The molecule has 1 aliphatic carbocycles. The van der Waals surface area contributed by atoms with E-state index in [-0.39, 0.29) is 5.41 Å². The van der Waals surface area contributed by atoms with Gasteiger partial charge in [0.25, 0.3) is 0 Å². The van der Waals surface area contributed by atoms with E-state index in [4.69, 9.17) is 4.42 Å². The molecule has 2 heteroatoms. The lowest BCUT2D eigenvalue weighted by atomic mass is 9.82. The smallest absolute Gasteiger partial charge is 0.143 e. The lowest BCUT2D eigenvalue weighted by molar-refractivity contribution is 0.653. The number of para-hydroxylation sites is 1. The van der Waals surface area contributed by atoms with Gasteiger partial charge in [0.1, 0.15) is 11.2 Å². The van der Waals surface area contributed by atoms with Crippen LogP contribution in [0.25, 0.3) is 55.3 Å². The van der Waals surface area contributed by atoms with E-state index in [1.54, 1.807) is 0 Å². The van der Waals surface area contributed by atoms with Crippen LogP contribution in [-0.2, 0) is 5.41 Å². The first-order valence-electron chi connectivity index (χ1n) is 12.0. The number of halogens is 1. The zero-order valence-corrected chi connectivity index (χ0v) is 21.2. The average Bonchev–Trinajstić information content (AvgIpc) is 3.37. The van der Waals surface area contributed by atoms with Gasteiger partial charge in [-0.3, -0.25) is 0 Å². The first-order valence-corrected chi connectivity index (χ1v) is 12.8. The molecule has 1 heterocycles. The second-order valence-corrected chi connectivity index (χ2v) is 10.7. The summed E-state index contributed by atoms with van der Waals surface area (Å²) in [5.41, 5.74) is 11.9. The molecule has 0 amide bonds. The molecule has 0 saturated heterocycles. The first kappa shape index (κ1) is 20.7. The molecule has 1 aliphatic rings. The summed E-state index contributed by atoms with van der Waals surface area (Å²) in [4.78, 5) is 0. The van der Waals surface area contributed by atoms with Crippen molar-refractivity contribution in [3.8, 4) is 33.4 Å². The van der Waals surface area contributed by atoms with Gasteiger partial charge in [-0.25, -0.2) is 0 Å². The second-order valence-electron chi connectivity index (χ2n) is 9.87. The molecule has 0 radical (unpaired) electrons. The molecule has 0 spiro atoms. The Hall–Kier alpha value is -3.62. The normalized spacial score (nSPS) is 13.8. The van der Waals surface area contributed by atoms with Crippen molar-refractivity contribution >= 4 is 37.9 Å². The minimum absolute atomic E-state index is 0.0850. The number of rotatable bonds is 2. The lowest BCUT2D eigenvalue weighted by Crippen LogP contribution is -2.14. The van der Waals surface area contributed by atoms with Crippen molar-refractivity contribution in [3.63, 3.8) is 0 Å². The Kier molecular flexibility index (Phi) is 4.40. The maximum Gasteiger partial charge on any atom is 0.143 e. The van der Waals surface area contributed by atoms with Crippen LogP contribution in [0.3, 0.4) is 0 Å². The number of hydrogen-bond acceptors (Lipinski definition) is 1. The molecule has 0 aliphatic heterocycles. The van der Waals surface area contributed by atoms with Crippen LogP contribution >= 0.6 is 15.9 Å². The summed E-state index contributed by atoms with van der Waals surface area (Å²) < 4.78 is 7.59. The largest absolute Gasteiger partial charge is 0.455 e. The Bertz CT molecular complexity index is 1790. The molecule has 168 valence electrons. The minimum Gasteiger partial charge on any atom is -0.455 e. The SMILES string of the molecule is CC1(C)c2ccc(-c3ccccc3-c3ccccc3Br)cc2-c2c1ccc1c2oc2ccccc21. The number of furan rings is 1. The van der Waals surface area contributed by atoms with Crippen molar-refractivity contribution in [2.45, 2.75) is 19.3 Å². The summed E-state index contributed by atoms with van der Waals surface area (Å²) in [6.07, 6.45) is 0. The van der Waals surface area contributed by atoms with Gasteiger partial charge in [-0.05, 0) is 57.1 Å². The Morgan fingerprint density at radius 1 is 0.600 bits per heavy atom. The Morgan fingerprint density at radius 2 is 1.29 bits per heavy atom. The summed E-state index contributed by atoms with van der Waals surface area (Å²) >= 11 is 3.76. The third-order valence-corrected chi connectivity index (χ3v) is 8.28. The Labute approximate surface area is 213 Å². The summed E-state index contributed by atoms with van der Waals surface area (Å²) in [6.45, 7) is 4.64. The van der Waals surface area contributed by atoms with Crippen molar-refractivity contribution in [3.05, 3.63) is 119 Å². The molecule has 0 bridgehead atoms. The van der Waals surface area contributed by atoms with Crippen LogP contribution in [0.4, 0.5) is 0 Å². The summed E-state index contributed by atoms with van der Waals surface area (Å²) in [6, 6.07) is 36.9. The third-order valence-electron chi connectivity index (χ3n) is 7.58. The van der Waals surface area contributed by atoms with Crippen LogP contribution in [-0.4, -0.2) is 0 Å². The van der Waals surface area contributed by atoms with Crippen molar-refractivity contribution in [2.24, 2.45) is 0 Å². The zero-order valence-electron chi connectivity index (χ0n) is 19.6. The van der Waals surface area contributed by atoms with E-state index in [0.29, 0.717) is 0 Å². The molecule has 0 atom stereocenters. The van der Waals surface area contributed by atoms with E-state index in [1.165, 1.54) is 55.3 Å². The average molecular weight is 515 g/mol. The van der Waals surface area contributed by atoms with E-state index >= 15 is 0 Å². The number of fused-ring (bicyclic) bond motifs is 7. The van der Waals surface area contributed by atoms with Gasteiger partial charge >= 0.3 is 0 Å². The van der Waals surface area contributed by atoms with Crippen molar-refractivity contribution in [1.29, 1.82) is 0 Å². The standard InChI is InChI=1S/C33H23BrO/c1-33(2)27-17-15-20(21-9-3-4-10-22(21)23-11-5-7-13-29(23)34)19-26(27)31-28(33)18-16-25-24-12-6-8-14-30(24)35-32(25)31/h3-19H,1-2H3. The summed E-state index contributed by atoms with van der Waals surface area (Å²) in [7, 11) is 0. The van der Waals surface area contributed by atoms with Crippen LogP contribution in [0.15, 0.2) is 112 Å². The minimum atomic E-state index is -0.0850. The lowest BCUT2D eigenvalue weighted by Gasteiger charge is -2.21. The Morgan fingerprint density at radius 3 is 2.11 bits per heavy atom. The van der Waals surface area contributed by atoms with Crippen molar-refractivity contribution < 1.29 is 4.42 Å². The van der Waals surface area contributed by atoms with Gasteiger partial charge in [-0.2, -0.15) is 0 Å². The van der Waals surface area contributed by atoms with Crippen LogP contribution in [0.5, 0.6) is 0 Å². The molecular formula is C33H23BrO. The molecule has 0 saturated carbocycles. The van der Waals surface area contributed by atoms with E-state index < -0.39 is 0 Å². The molecule has 7 rings (SSSR count). The highest BCUT2D eigenvalue weighted by Crippen LogP contribution is 2.53. The molecule has 6 aromatic rings. The highest BCUT2D eigenvalue weighted by atomic mass is 79.9.